The van der Waals surface area contributed by atoms with Crippen LogP contribution in [0.25, 0.3) is 0 Å². The predicted octanol–water partition coefficient (Wildman–Crippen LogP) is 3.89. The minimum absolute atomic E-state index is 0.0313. The summed E-state index contributed by atoms with van der Waals surface area (Å²) in [6.07, 6.45) is 11.2. The van der Waals surface area contributed by atoms with Crippen molar-refractivity contribution in [3.63, 3.8) is 0 Å². The molecule has 1 aliphatic heterocycles. The summed E-state index contributed by atoms with van der Waals surface area (Å²) >= 11 is 0. The van der Waals surface area contributed by atoms with Gasteiger partial charge in [-0.2, -0.15) is 0 Å². The molecule has 0 spiro atoms. The van der Waals surface area contributed by atoms with E-state index in [4.69, 9.17) is 5.73 Å². The molecule has 0 bridgehead atoms. The Hall–Kier alpha value is -3.50. The Labute approximate surface area is 280 Å². The molecule has 1 saturated heterocycles. The number of hydrogen-bond acceptors (Lipinski definition) is 6. The van der Waals surface area contributed by atoms with Gasteiger partial charge in [0.05, 0.1) is 6.04 Å². The zero-order chi connectivity index (χ0) is 34.7. The van der Waals surface area contributed by atoms with E-state index < -0.39 is 52.7 Å². The quantitative estimate of drug-likeness (QED) is 0.265. The van der Waals surface area contributed by atoms with Crippen molar-refractivity contribution >= 4 is 29.5 Å². The maximum Gasteiger partial charge on any atom is 0.315 e. The number of urea groups is 1. The molecular weight excluding hydrogens is 596 g/mol. The van der Waals surface area contributed by atoms with Crippen molar-refractivity contribution in [1.29, 1.82) is 0 Å². The molecule has 260 valence electrons. The molecule has 2 aliphatic carbocycles. The fourth-order valence-corrected chi connectivity index (χ4v) is 7.70. The van der Waals surface area contributed by atoms with Crippen LogP contribution in [0.3, 0.4) is 0 Å². The zero-order valence-electron chi connectivity index (χ0n) is 29.4. The third kappa shape index (κ3) is 9.11. The highest BCUT2D eigenvalue weighted by Crippen LogP contribution is 2.42. The maximum atomic E-state index is 14.6. The van der Waals surface area contributed by atoms with E-state index in [2.05, 4.69) is 41.7 Å². The number of carbonyl (C=O) groups excluding carboxylic acids is 5. The number of Topliss-reactive ketones (excluding diaryl/α,β-unsaturated/α-hetero) is 1. The Kier molecular flexibility index (Phi) is 11.1. The molecule has 0 aromatic carbocycles. The lowest BCUT2D eigenvalue weighted by molar-refractivity contribution is -0.144. The van der Waals surface area contributed by atoms with E-state index >= 15 is 0 Å². The number of rotatable bonds is 11. The standard InChI is InChI=1S/C36H56N6O5/c1-22-25(34(2,3)4)21-42(27(22)31(45)39-26(19-23-11-12-23)28(43)30(37)44)32(46)29(35(5,6)7)40-33(47)41-36(15-9-8-10-16-36)20-24-13-17-38-18-14-24/h13-14,17-18,22-23,25-27,29H,8-12,15-16,19-21H2,1-7H3,(H2,37,44)(H,39,45)(H2,40,41,47)/t22?,25-,26?,27-,29+/m0/s1. The molecule has 2 unspecified atom stereocenters. The molecule has 47 heavy (non-hydrogen) atoms. The van der Waals surface area contributed by atoms with Crippen molar-refractivity contribution in [2.24, 2.45) is 34.3 Å². The van der Waals surface area contributed by atoms with Crippen LogP contribution >= 0.6 is 0 Å². The number of carbonyl (C=O) groups is 5. The van der Waals surface area contributed by atoms with Crippen molar-refractivity contribution in [3.05, 3.63) is 30.1 Å². The monoisotopic (exact) mass is 652 g/mol. The van der Waals surface area contributed by atoms with Crippen molar-refractivity contribution in [3.8, 4) is 0 Å². The summed E-state index contributed by atoms with van der Waals surface area (Å²) < 4.78 is 0. The number of aromatic nitrogens is 1. The predicted molar refractivity (Wildman–Crippen MR) is 180 cm³/mol. The molecule has 4 rings (SSSR count). The van der Waals surface area contributed by atoms with Crippen LogP contribution in [0.5, 0.6) is 0 Å². The number of pyridine rings is 1. The van der Waals surface area contributed by atoms with Gasteiger partial charge in [0.2, 0.25) is 17.6 Å². The fourth-order valence-electron chi connectivity index (χ4n) is 7.70. The summed E-state index contributed by atoms with van der Waals surface area (Å²) in [5, 5.41) is 9.12. The van der Waals surface area contributed by atoms with E-state index in [0.29, 0.717) is 19.4 Å². The van der Waals surface area contributed by atoms with Crippen LogP contribution in [0.4, 0.5) is 4.79 Å². The summed E-state index contributed by atoms with van der Waals surface area (Å²) in [4.78, 5) is 72.7. The Balaban J connectivity index is 1.58. The minimum Gasteiger partial charge on any atom is -0.363 e. The lowest BCUT2D eigenvalue weighted by atomic mass is 9.74. The first-order chi connectivity index (χ1) is 21.9. The molecule has 5 N–H and O–H groups in total. The normalized spacial score (nSPS) is 24.1. The number of primary amides is 1. The highest BCUT2D eigenvalue weighted by atomic mass is 16.2. The van der Waals surface area contributed by atoms with E-state index in [1.54, 1.807) is 17.3 Å². The Bertz CT molecular complexity index is 1310. The van der Waals surface area contributed by atoms with Crippen molar-refractivity contribution in [1.82, 2.24) is 25.8 Å². The molecule has 1 aromatic heterocycles. The largest absolute Gasteiger partial charge is 0.363 e. The Morgan fingerprint density at radius 1 is 0.979 bits per heavy atom. The van der Waals surface area contributed by atoms with Crippen LogP contribution in [0.2, 0.25) is 0 Å². The van der Waals surface area contributed by atoms with E-state index in [0.717, 1.165) is 50.5 Å². The highest BCUT2D eigenvalue weighted by molar-refractivity contribution is 6.37. The topological polar surface area (TPSA) is 164 Å². The summed E-state index contributed by atoms with van der Waals surface area (Å²) in [7, 11) is 0. The Morgan fingerprint density at radius 2 is 1.60 bits per heavy atom. The molecule has 3 aliphatic rings. The average Bonchev–Trinajstić information content (AvgIpc) is 3.73. The van der Waals surface area contributed by atoms with Crippen LogP contribution in [-0.4, -0.2) is 69.6 Å². The third-order valence-corrected chi connectivity index (χ3v) is 10.5. The maximum absolute atomic E-state index is 14.6. The van der Waals surface area contributed by atoms with Gasteiger partial charge < -0.3 is 26.6 Å². The minimum atomic E-state index is -1.08. The number of ketones is 1. The van der Waals surface area contributed by atoms with Gasteiger partial charge in [-0.25, -0.2) is 4.79 Å². The van der Waals surface area contributed by atoms with Crippen LogP contribution in [-0.2, 0) is 25.6 Å². The molecule has 11 nitrogen and oxygen atoms in total. The van der Waals surface area contributed by atoms with Crippen molar-refractivity contribution in [2.45, 2.75) is 130 Å². The Morgan fingerprint density at radius 3 is 2.13 bits per heavy atom. The third-order valence-electron chi connectivity index (χ3n) is 10.5. The second-order valence-electron chi connectivity index (χ2n) is 16.5. The summed E-state index contributed by atoms with van der Waals surface area (Å²) in [6.45, 7) is 14.2. The first kappa shape index (κ1) is 36.3. The van der Waals surface area contributed by atoms with E-state index in [1.807, 2.05) is 39.8 Å². The molecule has 1 aromatic rings. The first-order valence-corrected chi connectivity index (χ1v) is 17.3. The first-order valence-electron chi connectivity index (χ1n) is 17.3. The lowest BCUT2D eigenvalue weighted by Gasteiger charge is -2.40. The number of nitrogens with one attached hydrogen (secondary N) is 3. The van der Waals surface area contributed by atoms with Crippen molar-refractivity contribution < 1.29 is 24.0 Å². The van der Waals surface area contributed by atoms with Gasteiger partial charge in [0, 0.05) is 24.5 Å². The molecule has 2 saturated carbocycles. The number of amides is 5. The molecule has 0 radical (unpaired) electrons. The van der Waals surface area contributed by atoms with E-state index in [-0.39, 0.29) is 29.1 Å². The molecule has 3 fully saturated rings. The second-order valence-corrected chi connectivity index (χ2v) is 16.5. The summed E-state index contributed by atoms with van der Waals surface area (Å²) in [5.41, 5.74) is 5.08. The molecule has 11 heteroatoms. The van der Waals surface area contributed by atoms with Gasteiger partial charge in [-0.1, -0.05) is 80.6 Å². The average molecular weight is 653 g/mol. The van der Waals surface area contributed by atoms with Crippen LogP contribution in [0, 0.1) is 28.6 Å². The van der Waals surface area contributed by atoms with Crippen LogP contribution in [0.15, 0.2) is 24.5 Å². The van der Waals surface area contributed by atoms with Gasteiger partial charge in [-0.3, -0.25) is 24.2 Å². The van der Waals surface area contributed by atoms with Crippen molar-refractivity contribution in [2.75, 3.05) is 6.54 Å². The van der Waals surface area contributed by atoms with Gasteiger partial charge in [-0.05, 0) is 72.0 Å². The summed E-state index contributed by atoms with van der Waals surface area (Å²) in [6, 6.07) is 0.676. The lowest BCUT2D eigenvalue weighted by Crippen LogP contribution is -2.62. The molecule has 5 amide bonds. The zero-order valence-corrected chi connectivity index (χ0v) is 29.4. The number of nitrogens with two attached hydrogens (primary N) is 1. The number of likely N-dealkylation sites (tertiary alicyclic amines) is 1. The van der Waals surface area contributed by atoms with Gasteiger partial charge in [0.1, 0.15) is 12.1 Å². The van der Waals surface area contributed by atoms with Gasteiger partial charge in [0.25, 0.3) is 5.91 Å². The number of nitrogens with zero attached hydrogens (tertiary/aromatic N) is 2. The molecule has 2 heterocycles. The molecule has 5 atom stereocenters. The number of hydrogen-bond donors (Lipinski definition) is 4. The van der Waals surface area contributed by atoms with E-state index in [9.17, 15) is 24.0 Å². The van der Waals surface area contributed by atoms with Crippen LogP contribution in [0.1, 0.15) is 105 Å². The second kappa shape index (κ2) is 14.3. The SMILES string of the molecule is CC1[C@@H](C(=O)NC(CC2CC2)C(=O)C(N)=O)N(C(=O)[C@@H](NC(=O)NC2(Cc3ccncc3)CCCCC2)C(C)(C)C)C[C@@H]1C(C)(C)C. The van der Waals surface area contributed by atoms with Gasteiger partial charge >= 0.3 is 6.03 Å². The highest BCUT2D eigenvalue weighted by Gasteiger charge is 2.52. The van der Waals surface area contributed by atoms with Gasteiger partial charge in [-0.15, -0.1) is 0 Å². The van der Waals surface area contributed by atoms with Gasteiger partial charge in [0.15, 0.2) is 0 Å². The smallest absolute Gasteiger partial charge is 0.315 e. The van der Waals surface area contributed by atoms with E-state index in [1.165, 1.54) is 0 Å². The molecular formula is C36H56N6O5. The fraction of sp³-hybridized carbons (Fsp3) is 0.722. The van der Waals surface area contributed by atoms with Crippen LogP contribution < -0.4 is 21.7 Å². The summed E-state index contributed by atoms with van der Waals surface area (Å²) in [5.74, 6) is -2.76.